The summed E-state index contributed by atoms with van der Waals surface area (Å²) in [6, 6.07) is 0. The Kier molecular flexibility index (Phi) is 4.86. The molecule has 0 aromatic heterocycles. The second-order valence-electron chi connectivity index (χ2n) is 3.00. The highest BCUT2D eigenvalue weighted by atomic mass is 16.4. The molecule has 0 spiro atoms. The summed E-state index contributed by atoms with van der Waals surface area (Å²) in [6.07, 6.45) is 1.67. The van der Waals surface area contributed by atoms with Crippen LogP contribution in [0.25, 0.3) is 0 Å². The molecule has 3 nitrogen and oxygen atoms in total. The van der Waals surface area contributed by atoms with Crippen molar-refractivity contribution in [3.05, 3.63) is 0 Å². The van der Waals surface area contributed by atoms with Crippen LogP contribution in [0.4, 0.5) is 0 Å². The van der Waals surface area contributed by atoms with E-state index in [4.69, 9.17) is 5.11 Å². The minimum absolute atomic E-state index is 0.330. The van der Waals surface area contributed by atoms with Gasteiger partial charge in [-0.25, -0.2) is 0 Å². The molecule has 0 aromatic carbocycles. The Morgan fingerprint density at radius 1 is 1.45 bits per heavy atom. The number of hydrogen-bond acceptors (Lipinski definition) is 3. The second kappa shape index (κ2) is 5.13. The molecule has 66 valence electrons. The Hall–Kier alpha value is -0.570. The van der Waals surface area contributed by atoms with Crippen molar-refractivity contribution < 1.29 is 15.0 Å². The average Bonchev–Trinajstić information content (AvgIpc) is 1.86. The van der Waals surface area contributed by atoms with Crippen molar-refractivity contribution in [2.24, 2.45) is 5.92 Å². The fraction of sp³-hybridized carbons (Fsp3) is 0.875. The van der Waals surface area contributed by atoms with Crippen molar-refractivity contribution in [1.82, 2.24) is 0 Å². The van der Waals surface area contributed by atoms with Crippen LogP contribution < -0.4 is 5.11 Å². The van der Waals surface area contributed by atoms with Crippen LogP contribution in [0.3, 0.4) is 0 Å². The van der Waals surface area contributed by atoms with Crippen molar-refractivity contribution in [1.29, 1.82) is 0 Å². The van der Waals surface area contributed by atoms with Crippen molar-refractivity contribution in [2.45, 2.75) is 39.2 Å². The normalized spacial score (nSPS) is 15.9. The zero-order valence-electron chi connectivity index (χ0n) is 7.04. The van der Waals surface area contributed by atoms with Gasteiger partial charge in [-0.1, -0.05) is 13.3 Å². The zero-order valence-corrected chi connectivity index (χ0v) is 7.04. The van der Waals surface area contributed by atoms with Crippen molar-refractivity contribution in [2.75, 3.05) is 0 Å². The van der Waals surface area contributed by atoms with Gasteiger partial charge in [0.05, 0.1) is 6.10 Å². The summed E-state index contributed by atoms with van der Waals surface area (Å²) in [4.78, 5) is 10.2. The van der Waals surface area contributed by atoms with Gasteiger partial charge in [-0.2, -0.15) is 0 Å². The van der Waals surface area contributed by atoms with Gasteiger partial charge in [0.25, 0.3) is 0 Å². The minimum atomic E-state index is -1.00. The average molecular weight is 159 g/mol. The van der Waals surface area contributed by atoms with Crippen LogP contribution in [0.1, 0.15) is 33.1 Å². The number of carbonyl (C=O) groups excluding carboxylic acids is 1. The van der Waals surface area contributed by atoms with Gasteiger partial charge in [-0.05, 0) is 25.7 Å². The first kappa shape index (κ1) is 10.4. The van der Waals surface area contributed by atoms with E-state index >= 15 is 0 Å². The molecule has 0 amide bonds. The molecule has 2 unspecified atom stereocenters. The van der Waals surface area contributed by atoms with E-state index in [9.17, 15) is 9.90 Å². The fourth-order valence-electron chi connectivity index (χ4n) is 0.837. The molecule has 0 rings (SSSR count). The summed E-state index contributed by atoms with van der Waals surface area (Å²) < 4.78 is 0. The molecule has 0 aliphatic rings. The summed E-state index contributed by atoms with van der Waals surface area (Å²) in [5.74, 6) is -1.40. The summed E-state index contributed by atoms with van der Waals surface area (Å²) in [7, 11) is 0. The van der Waals surface area contributed by atoms with Crippen LogP contribution in [0.5, 0.6) is 0 Å². The van der Waals surface area contributed by atoms with Gasteiger partial charge in [0, 0.05) is 5.97 Å². The van der Waals surface area contributed by atoms with Crippen LogP contribution in [0, 0.1) is 5.92 Å². The van der Waals surface area contributed by atoms with Gasteiger partial charge in [-0.15, -0.1) is 0 Å². The van der Waals surface area contributed by atoms with Gasteiger partial charge in [0.1, 0.15) is 0 Å². The summed E-state index contributed by atoms with van der Waals surface area (Å²) in [5.41, 5.74) is 0. The predicted molar refractivity (Wildman–Crippen MR) is 39.7 cm³/mol. The van der Waals surface area contributed by atoms with E-state index in [0.29, 0.717) is 12.8 Å². The van der Waals surface area contributed by atoms with E-state index in [0.717, 1.165) is 6.42 Å². The number of rotatable bonds is 5. The Bertz CT molecular complexity index is 121. The van der Waals surface area contributed by atoms with Gasteiger partial charge < -0.3 is 15.0 Å². The fourth-order valence-corrected chi connectivity index (χ4v) is 0.837. The third-order valence-corrected chi connectivity index (χ3v) is 1.66. The van der Waals surface area contributed by atoms with Gasteiger partial charge >= 0.3 is 0 Å². The Labute approximate surface area is 67.0 Å². The van der Waals surface area contributed by atoms with Gasteiger partial charge in [0.2, 0.25) is 0 Å². The molecule has 3 heteroatoms. The molecule has 0 heterocycles. The van der Waals surface area contributed by atoms with E-state index < -0.39 is 11.9 Å². The first-order chi connectivity index (χ1) is 5.04. The minimum Gasteiger partial charge on any atom is -0.550 e. The van der Waals surface area contributed by atoms with Crippen LogP contribution >= 0.6 is 0 Å². The first-order valence-corrected chi connectivity index (χ1v) is 3.93. The van der Waals surface area contributed by atoms with E-state index in [1.54, 1.807) is 13.8 Å². The van der Waals surface area contributed by atoms with Gasteiger partial charge in [0.15, 0.2) is 0 Å². The lowest BCUT2D eigenvalue weighted by atomic mass is 10.0. The predicted octanol–water partition coefficient (Wildman–Crippen LogP) is -0.0765. The Morgan fingerprint density at radius 2 is 2.00 bits per heavy atom. The molecule has 0 saturated carbocycles. The summed E-state index contributed by atoms with van der Waals surface area (Å²) in [5, 5.41) is 19.0. The van der Waals surface area contributed by atoms with E-state index in [2.05, 4.69) is 0 Å². The molecule has 0 radical (unpaired) electrons. The third-order valence-electron chi connectivity index (χ3n) is 1.66. The molecular formula is C8H15O3-. The molecule has 0 aliphatic carbocycles. The third kappa shape index (κ3) is 5.85. The summed E-state index contributed by atoms with van der Waals surface area (Å²) in [6.45, 7) is 3.32. The van der Waals surface area contributed by atoms with Crippen molar-refractivity contribution in [3.8, 4) is 0 Å². The number of carboxylic acids is 1. The molecular weight excluding hydrogens is 144 g/mol. The number of hydrogen-bond donors (Lipinski definition) is 1. The topological polar surface area (TPSA) is 60.4 Å². The van der Waals surface area contributed by atoms with Crippen LogP contribution in [-0.4, -0.2) is 17.2 Å². The highest BCUT2D eigenvalue weighted by Gasteiger charge is 2.03. The number of aliphatic hydroxyl groups is 1. The lowest BCUT2D eigenvalue weighted by Gasteiger charge is -2.12. The van der Waals surface area contributed by atoms with Crippen LogP contribution in [0.2, 0.25) is 0 Å². The molecule has 11 heavy (non-hydrogen) atoms. The zero-order chi connectivity index (χ0) is 8.85. The lowest BCUT2D eigenvalue weighted by Crippen LogP contribution is -2.29. The van der Waals surface area contributed by atoms with E-state index in [-0.39, 0.29) is 6.10 Å². The maximum absolute atomic E-state index is 10.2. The van der Waals surface area contributed by atoms with Crippen molar-refractivity contribution in [3.63, 3.8) is 0 Å². The van der Waals surface area contributed by atoms with E-state index in [1.165, 1.54) is 0 Å². The number of carboxylic acid groups (broad SMARTS) is 1. The smallest absolute Gasteiger partial charge is 0.0512 e. The summed E-state index contributed by atoms with van der Waals surface area (Å²) >= 11 is 0. The quantitative estimate of drug-likeness (QED) is 0.610. The monoisotopic (exact) mass is 159 g/mol. The Morgan fingerprint density at radius 3 is 2.36 bits per heavy atom. The van der Waals surface area contributed by atoms with E-state index in [1.807, 2.05) is 0 Å². The molecule has 0 saturated heterocycles. The first-order valence-electron chi connectivity index (χ1n) is 3.93. The highest BCUT2D eigenvalue weighted by molar-refractivity contribution is 5.66. The van der Waals surface area contributed by atoms with Gasteiger partial charge in [-0.3, -0.25) is 0 Å². The molecule has 0 aromatic rings. The van der Waals surface area contributed by atoms with Crippen molar-refractivity contribution >= 4 is 5.97 Å². The van der Waals surface area contributed by atoms with Crippen LogP contribution in [0.15, 0.2) is 0 Å². The largest absolute Gasteiger partial charge is 0.550 e. The van der Waals surface area contributed by atoms with Crippen LogP contribution in [-0.2, 0) is 4.79 Å². The maximum Gasteiger partial charge on any atom is 0.0512 e. The SMILES string of the molecule is CC(O)CCCC(C)C(=O)[O-]. The number of aliphatic carboxylic acids is 1. The molecule has 0 fully saturated rings. The molecule has 2 atom stereocenters. The highest BCUT2D eigenvalue weighted by Crippen LogP contribution is 2.08. The standard InChI is InChI=1S/C8H16O3/c1-6(8(10)11)4-3-5-7(2)9/h6-7,9H,3-5H2,1-2H3,(H,10,11)/p-1. The lowest BCUT2D eigenvalue weighted by molar-refractivity contribution is -0.311. The molecule has 0 aliphatic heterocycles. The number of aliphatic hydroxyl groups excluding tert-OH is 1. The molecule has 0 bridgehead atoms. The maximum atomic E-state index is 10.2. The number of carbonyl (C=O) groups is 1. The second-order valence-corrected chi connectivity index (χ2v) is 3.00. The molecule has 1 N–H and O–H groups in total. The Balaban J connectivity index is 3.31.